The summed E-state index contributed by atoms with van der Waals surface area (Å²) < 4.78 is 1.46. The van der Waals surface area contributed by atoms with E-state index in [0.29, 0.717) is 16.8 Å². The van der Waals surface area contributed by atoms with Gasteiger partial charge in [-0.05, 0) is 49.8 Å². The molecule has 1 amide bonds. The van der Waals surface area contributed by atoms with Crippen LogP contribution in [-0.2, 0) is 11.2 Å². The van der Waals surface area contributed by atoms with Gasteiger partial charge >= 0.3 is 0 Å². The minimum atomic E-state index is -0.546. The van der Waals surface area contributed by atoms with Crippen LogP contribution < -0.4 is 5.56 Å². The van der Waals surface area contributed by atoms with Crippen molar-refractivity contribution in [3.05, 3.63) is 76.8 Å². The Morgan fingerprint density at radius 3 is 2.50 bits per heavy atom. The van der Waals surface area contributed by atoms with Gasteiger partial charge in [-0.3, -0.25) is 14.2 Å². The Balaban J connectivity index is 1.43. The van der Waals surface area contributed by atoms with Crippen molar-refractivity contribution >= 4 is 16.8 Å². The van der Waals surface area contributed by atoms with E-state index in [1.165, 1.54) is 16.5 Å². The predicted octanol–water partition coefficient (Wildman–Crippen LogP) is 3.44. The third kappa shape index (κ3) is 3.70. The Hall–Kier alpha value is -2.95. The largest absolute Gasteiger partial charge is 0.341 e. The number of benzene rings is 2. The van der Waals surface area contributed by atoms with E-state index in [2.05, 4.69) is 29.2 Å². The van der Waals surface area contributed by atoms with E-state index < -0.39 is 6.04 Å². The summed E-state index contributed by atoms with van der Waals surface area (Å²) in [5.41, 5.74) is 1.85. The molecular weight excluding hydrogens is 350 g/mol. The molecule has 0 unspecified atom stereocenters. The zero-order valence-electron chi connectivity index (χ0n) is 16.1. The second-order valence-corrected chi connectivity index (χ2v) is 7.61. The van der Waals surface area contributed by atoms with Crippen LogP contribution in [0.1, 0.15) is 31.4 Å². The number of fused-ring (bicyclic) bond motifs is 1. The SMILES string of the molecule is C[C@@H](C(=O)N1CCC(Cc2ccccc2)CC1)n1cnc2ccccc2c1=O. The topological polar surface area (TPSA) is 55.2 Å². The highest BCUT2D eigenvalue weighted by Crippen LogP contribution is 2.23. The van der Waals surface area contributed by atoms with Gasteiger partial charge in [0.2, 0.25) is 5.91 Å². The summed E-state index contributed by atoms with van der Waals surface area (Å²) in [7, 11) is 0. The molecule has 28 heavy (non-hydrogen) atoms. The standard InChI is InChI=1S/C23H25N3O2/c1-17(26-16-24-21-10-6-5-9-20(21)23(26)28)22(27)25-13-11-19(12-14-25)15-18-7-3-2-4-8-18/h2-10,16-17,19H,11-15H2,1H3/t17-/m0/s1. The molecule has 5 nitrogen and oxygen atoms in total. The Morgan fingerprint density at radius 1 is 1.07 bits per heavy atom. The van der Waals surface area contributed by atoms with Crippen LogP contribution in [0.25, 0.3) is 10.9 Å². The van der Waals surface area contributed by atoms with E-state index in [4.69, 9.17) is 0 Å². The molecule has 1 saturated heterocycles. The smallest absolute Gasteiger partial charge is 0.261 e. The number of hydrogen-bond donors (Lipinski definition) is 0. The number of hydrogen-bond acceptors (Lipinski definition) is 3. The van der Waals surface area contributed by atoms with Crippen molar-refractivity contribution in [2.45, 2.75) is 32.2 Å². The first-order valence-electron chi connectivity index (χ1n) is 9.92. The number of nitrogens with zero attached hydrogens (tertiary/aromatic N) is 3. The molecule has 144 valence electrons. The van der Waals surface area contributed by atoms with Crippen LogP contribution in [0.2, 0.25) is 0 Å². The maximum atomic E-state index is 13.0. The minimum absolute atomic E-state index is 0.00246. The molecule has 1 fully saturated rings. The normalized spacial score (nSPS) is 16.2. The Labute approximate surface area is 164 Å². The molecule has 1 aliphatic heterocycles. The summed E-state index contributed by atoms with van der Waals surface area (Å²) in [4.78, 5) is 32.0. The summed E-state index contributed by atoms with van der Waals surface area (Å²) >= 11 is 0. The number of carbonyl (C=O) groups is 1. The molecule has 0 spiro atoms. The predicted molar refractivity (Wildman–Crippen MR) is 110 cm³/mol. The van der Waals surface area contributed by atoms with Crippen molar-refractivity contribution in [2.24, 2.45) is 5.92 Å². The van der Waals surface area contributed by atoms with Crippen LogP contribution in [-0.4, -0.2) is 33.4 Å². The van der Waals surface area contributed by atoms with E-state index in [9.17, 15) is 9.59 Å². The van der Waals surface area contributed by atoms with Crippen LogP contribution >= 0.6 is 0 Å². The number of carbonyl (C=O) groups excluding carboxylic acids is 1. The van der Waals surface area contributed by atoms with Gasteiger partial charge in [-0.2, -0.15) is 0 Å². The third-order valence-electron chi connectivity index (χ3n) is 5.76. The molecule has 1 atom stereocenters. The Kier molecular flexibility index (Phi) is 5.24. The highest BCUT2D eigenvalue weighted by atomic mass is 16.2. The van der Waals surface area contributed by atoms with E-state index in [1.54, 1.807) is 13.0 Å². The second-order valence-electron chi connectivity index (χ2n) is 7.61. The van der Waals surface area contributed by atoms with Crippen molar-refractivity contribution in [3.63, 3.8) is 0 Å². The summed E-state index contributed by atoms with van der Waals surface area (Å²) in [5, 5.41) is 0.547. The quantitative estimate of drug-likeness (QED) is 0.702. The van der Waals surface area contributed by atoms with Gasteiger partial charge in [-0.25, -0.2) is 4.98 Å². The van der Waals surface area contributed by atoms with Gasteiger partial charge in [0.25, 0.3) is 5.56 Å². The molecule has 3 aromatic rings. The molecule has 0 aliphatic carbocycles. The average molecular weight is 375 g/mol. The number of piperidine rings is 1. The molecule has 4 rings (SSSR count). The molecule has 0 N–H and O–H groups in total. The lowest BCUT2D eigenvalue weighted by atomic mass is 9.90. The van der Waals surface area contributed by atoms with Gasteiger partial charge < -0.3 is 4.90 Å². The fourth-order valence-electron chi connectivity index (χ4n) is 4.05. The molecule has 0 saturated carbocycles. The fraction of sp³-hybridized carbons (Fsp3) is 0.348. The van der Waals surface area contributed by atoms with Crippen molar-refractivity contribution in [2.75, 3.05) is 13.1 Å². The zero-order chi connectivity index (χ0) is 19.5. The lowest BCUT2D eigenvalue weighted by Crippen LogP contribution is -2.43. The monoisotopic (exact) mass is 375 g/mol. The lowest BCUT2D eigenvalue weighted by Gasteiger charge is -2.34. The zero-order valence-corrected chi connectivity index (χ0v) is 16.1. The van der Waals surface area contributed by atoms with Gasteiger partial charge in [0.1, 0.15) is 6.04 Å². The van der Waals surface area contributed by atoms with Crippen molar-refractivity contribution in [1.82, 2.24) is 14.5 Å². The molecular formula is C23H25N3O2. The van der Waals surface area contributed by atoms with Gasteiger partial charge in [0.05, 0.1) is 17.2 Å². The Morgan fingerprint density at radius 2 is 1.75 bits per heavy atom. The highest BCUT2D eigenvalue weighted by molar-refractivity contribution is 5.81. The minimum Gasteiger partial charge on any atom is -0.341 e. The number of likely N-dealkylation sites (tertiary alicyclic amines) is 1. The van der Waals surface area contributed by atoms with E-state index >= 15 is 0 Å². The Bertz CT molecular complexity index is 1020. The maximum absolute atomic E-state index is 13.0. The fourth-order valence-corrected chi connectivity index (χ4v) is 4.05. The van der Waals surface area contributed by atoms with Crippen LogP contribution in [0.5, 0.6) is 0 Å². The number of para-hydroxylation sites is 1. The third-order valence-corrected chi connectivity index (χ3v) is 5.76. The van der Waals surface area contributed by atoms with Crippen LogP contribution in [0, 0.1) is 5.92 Å². The molecule has 1 aromatic heterocycles. The molecule has 2 aromatic carbocycles. The van der Waals surface area contributed by atoms with Gasteiger partial charge in [-0.15, -0.1) is 0 Å². The first-order valence-corrected chi connectivity index (χ1v) is 9.92. The van der Waals surface area contributed by atoms with E-state index in [0.717, 1.165) is 32.4 Å². The summed E-state index contributed by atoms with van der Waals surface area (Å²) in [6.07, 6.45) is 4.55. The molecule has 5 heteroatoms. The molecule has 0 radical (unpaired) electrons. The molecule has 2 heterocycles. The first-order chi connectivity index (χ1) is 13.6. The van der Waals surface area contributed by atoms with Crippen LogP contribution in [0.15, 0.2) is 65.7 Å². The summed E-state index contributed by atoms with van der Waals surface area (Å²) in [6.45, 7) is 3.28. The van der Waals surface area contributed by atoms with Crippen LogP contribution in [0.3, 0.4) is 0 Å². The van der Waals surface area contributed by atoms with Gasteiger partial charge in [0, 0.05) is 13.1 Å². The summed E-state index contributed by atoms with van der Waals surface area (Å²) in [6, 6.07) is 17.2. The van der Waals surface area contributed by atoms with E-state index in [-0.39, 0.29) is 11.5 Å². The van der Waals surface area contributed by atoms with Crippen molar-refractivity contribution in [3.8, 4) is 0 Å². The number of aromatic nitrogens is 2. The highest BCUT2D eigenvalue weighted by Gasteiger charge is 2.27. The average Bonchev–Trinajstić information content (AvgIpc) is 2.74. The number of amides is 1. The van der Waals surface area contributed by atoms with Crippen molar-refractivity contribution < 1.29 is 4.79 Å². The van der Waals surface area contributed by atoms with E-state index in [1.807, 2.05) is 29.2 Å². The number of rotatable bonds is 4. The van der Waals surface area contributed by atoms with Crippen molar-refractivity contribution in [1.29, 1.82) is 0 Å². The first kappa shape index (κ1) is 18.4. The molecule has 1 aliphatic rings. The maximum Gasteiger partial charge on any atom is 0.261 e. The van der Waals surface area contributed by atoms with Gasteiger partial charge in [0.15, 0.2) is 0 Å². The van der Waals surface area contributed by atoms with Gasteiger partial charge in [-0.1, -0.05) is 42.5 Å². The summed E-state index contributed by atoms with van der Waals surface area (Å²) in [5.74, 6) is 0.601. The van der Waals surface area contributed by atoms with Crippen LogP contribution in [0.4, 0.5) is 0 Å². The lowest BCUT2D eigenvalue weighted by molar-refractivity contribution is -0.135. The second kappa shape index (κ2) is 7.97. The molecule has 0 bridgehead atoms.